The highest BCUT2D eigenvalue weighted by Crippen LogP contribution is 2.15. The Kier molecular flexibility index (Phi) is 9.77. The Morgan fingerprint density at radius 2 is 1.58 bits per heavy atom. The van der Waals surface area contributed by atoms with Gasteiger partial charge in [-0.15, -0.1) is 0 Å². The van der Waals surface area contributed by atoms with Crippen molar-refractivity contribution in [2.24, 2.45) is 0 Å². The fourth-order valence-corrected chi connectivity index (χ4v) is 2.98. The third-order valence-corrected chi connectivity index (χ3v) is 5.45. The van der Waals surface area contributed by atoms with Crippen LogP contribution in [0.2, 0.25) is 0 Å². The van der Waals surface area contributed by atoms with E-state index in [-0.39, 0.29) is 17.1 Å². The number of nitrogens with zero attached hydrogens (tertiary/aromatic N) is 1. The van der Waals surface area contributed by atoms with Crippen molar-refractivity contribution in [1.82, 2.24) is 0 Å². The predicted octanol–water partition coefficient (Wildman–Crippen LogP) is 3.23. The Bertz CT molecular complexity index is 683. The predicted molar refractivity (Wildman–Crippen MR) is 101 cm³/mol. The molecular weight excluding hydrogens is 354 g/mol. The maximum Gasteiger partial charge on any atom is 0.337 e. The SMILES string of the molecule is C=C(C)C(=O)OC(C)[N+](CC)(CC)CC.Cc1ccc(S(=O)(=O)[O-])cc1. The molecule has 1 atom stereocenters. The molecule has 0 aromatic heterocycles. The van der Waals surface area contributed by atoms with E-state index in [0.717, 1.165) is 29.7 Å². The first-order chi connectivity index (χ1) is 11.9. The molecular formula is C19H31NO5S. The maximum atomic E-state index is 11.4. The van der Waals surface area contributed by atoms with E-state index in [1.165, 1.54) is 12.1 Å². The summed E-state index contributed by atoms with van der Waals surface area (Å²) in [5, 5.41) is 0. The number of ether oxygens (including phenoxy) is 1. The minimum Gasteiger partial charge on any atom is -0.744 e. The molecule has 0 aliphatic rings. The van der Waals surface area contributed by atoms with Gasteiger partial charge in [0.05, 0.1) is 24.5 Å². The molecule has 6 nitrogen and oxygen atoms in total. The van der Waals surface area contributed by atoms with E-state index in [9.17, 15) is 17.8 Å². The highest BCUT2D eigenvalue weighted by atomic mass is 32.2. The van der Waals surface area contributed by atoms with Crippen LogP contribution in [0.4, 0.5) is 0 Å². The van der Waals surface area contributed by atoms with Gasteiger partial charge >= 0.3 is 5.97 Å². The van der Waals surface area contributed by atoms with E-state index < -0.39 is 10.1 Å². The lowest BCUT2D eigenvalue weighted by Gasteiger charge is -2.40. The molecule has 0 fully saturated rings. The molecule has 0 heterocycles. The fraction of sp³-hybridized carbons (Fsp3) is 0.526. The van der Waals surface area contributed by atoms with Crippen molar-refractivity contribution in [3.8, 4) is 0 Å². The highest BCUT2D eigenvalue weighted by Gasteiger charge is 2.31. The standard InChI is InChI=1S/C12H24NO2.C7H8O3S/c1-7-13(8-2,9-3)11(6)15-12(14)10(4)5;1-6-2-4-7(5-3-6)11(8,9)10/h11H,4,7-9H2,1-3,5-6H3;2-5H,1H3,(H,8,9,10)/q+1;/p-1. The average molecular weight is 386 g/mol. The van der Waals surface area contributed by atoms with Crippen LogP contribution in [-0.4, -0.2) is 49.3 Å². The molecule has 1 unspecified atom stereocenters. The van der Waals surface area contributed by atoms with Crippen LogP contribution in [0.5, 0.6) is 0 Å². The lowest BCUT2D eigenvalue weighted by atomic mass is 10.2. The van der Waals surface area contributed by atoms with Crippen LogP contribution in [0.1, 0.15) is 40.2 Å². The van der Waals surface area contributed by atoms with Crippen LogP contribution in [0.3, 0.4) is 0 Å². The minimum atomic E-state index is -4.27. The van der Waals surface area contributed by atoms with E-state index in [1.54, 1.807) is 19.1 Å². The van der Waals surface area contributed by atoms with E-state index in [0.29, 0.717) is 5.57 Å². The molecule has 0 aliphatic carbocycles. The van der Waals surface area contributed by atoms with Crippen molar-refractivity contribution in [2.45, 2.75) is 52.7 Å². The van der Waals surface area contributed by atoms with Crippen molar-refractivity contribution in [3.05, 3.63) is 42.0 Å². The topological polar surface area (TPSA) is 83.5 Å². The summed E-state index contributed by atoms with van der Waals surface area (Å²) in [7, 11) is -4.27. The van der Waals surface area contributed by atoms with Crippen molar-refractivity contribution in [1.29, 1.82) is 0 Å². The van der Waals surface area contributed by atoms with Gasteiger partial charge in [-0.1, -0.05) is 24.3 Å². The first-order valence-corrected chi connectivity index (χ1v) is 10.1. The monoisotopic (exact) mass is 385 g/mol. The van der Waals surface area contributed by atoms with E-state index in [4.69, 9.17) is 4.74 Å². The fourth-order valence-electron chi connectivity index (χ4n) is 2.51. The molecule has 0 saturated heterocycles. The van der Waals surface area contributed by atoms with Crippen molar-refractivity contribution < 1.29 is 27.0 Å². The minimum absolute atomic E-state index is 0.103. The van der Waals surface area contributed by atoms with Crippen molar-refractivity contribution >= 4 is 16.1 Å². The molecule has 26 heavy (non-hydrogen) atoms. The van der Waals surface area contributed by atoms with E-state index in [1.807, 2.05) is 13.8 Å². The quantitative estimate of drug-likeness (QED) is 0.237. The lowest BCUT2D eigenvalue weighted by molar-refractivity contribution is -0.962. The molecule has 1 aromatic rings. The van der Waals surface area contributed by atoms with Gasteiger partial charge in [0.15, 0.2) is 0 Å². The highest BCUT2D eigenvalue weighted by molar-refractivity contribution is 7.85. The van der Waals surface area contributed by atoms with E-state index >= 15 is 0 Å². The van der Waals surface area contributed by atoms with Gasteiger partial charge in [-0.05, 0) is 46.8 Å². The Labute approximate surface area is 157 Å². The number of quaternary nitrogens is 1. The summed E-state index contributed by atoms with van der Waals surface area (Å²) < 4.78 is 37.4. The van der Waals surface area contributed by atoms with E-state index in [2.05, 4.69) is 27.4 Å². The number of hydrogen-bond acceptors (Lipinski definition) is 5. The Morgan fingerprint density at radius 1 is 1.15 bits per heavy atom. The first-order valence-electron chi connectivity index (χ1n) is 8.68. The van der Waals surface area contributed by atoms with Crippen LogP contribution in [0.15, 0.2) is 41.3 Å². The molecule has 0 amide bonds. The summed E-state index contributed by atoms with van der Waals surface area (Å²) >= 11 is 0. The number of aryl methyl sites for hydroxylation is 1. The molecule has 7 heteroatoms. The number of esters is 1. The molecule has 0 spiro atoms. The van der Waals surface area contributed by atoms with Crippen LogP contribution in [-0.2, 0) is 19.6 Å². The smallest absolute Gasteiger partial charge is 0.337 e. The number of rotatable bonds is 7. The third kappa shape index (κ3) is 7.27. The van der Waals surface area contributed by atoms with Crippen LogP contribution in [0.25, 0.3) is 0 Å². The maximum absolute atomic E-state index is 11.4. The molecule has 0 bridgehead atoms. The molecule has 1 aromatic carbocycles. The van der Waals surface area contributed by atoms with Gasteiger partial charge in [0.2, 0.25) is 6.23 Å². The lowest BCUT2D eigenvalue weighted by Crippen LogP contribution is -2.55. The van der Waals surface area contributed by atoms with Crippen LogP contribution >= 0.6 is 0 Å². The van der Waals surface area contributed by atoms with Gasteiger partial charge in [0, 0.05) is 12.5 Å². The van der Waals surface area contributed by atoms with Gasteiger partial charge in [0.1, 0.15) is 10.1 Å². The zero-order valence-electron chi connectivity index (χ0n) is 16.6. The summed E-state index contributed by atoms with van der Waals surface area (Å²) in [5.74, 6) is -0.291. The van der Waals surface area contributed by atoms with Crippen molar-refractivity contribution in [3.63, 3.8) is 0 Å². The molecule has 0 aliphatic heterocycles. The summed E-state index contributed by atoms with van der Waals surface area (Å²) in [4.78, 5) is 11.2. The third-order valence-electron chi connectivity index (χ3n) is 4.60. The summed E-state index contributed by atoms with van der Waals surface area (Å²) in [6, 6.07) is 5.78. The Hall–Kier alpha value is -1.70. The van der Waals surface area contributed by atoms with Crippen molar-refractivity contribution in [2.75, 3.05) is 19.6 Å². The molecule has 0 saturated carbocycles. The zero-order chi connectivity index (χ0) is 20.5. The first kappa shape index (κ1) is 24.3. The summed E-state index contributed by atoms with van der Waals surface area (Å²) in [5.41, 5.74) is 1.39. The number of hydrogen-bond donors (Lipinski definition) is 0. The average Bonchev–Trinajstić information content (AvgIpc) is 2.57. The summed E-state index contributed by atoms with van der Waals surface area (Å²) in [6.45, 7) is 18.3. The molecule has 1 rings (SSSR count). The molecule has 0 N–H and O–H groups in total. The van der Waals surface area contributed by atoms with Gasteiger partial charge in [-0.25, -0.2) is 13.2 Å². The van der Waals surface area contributed by atoms with Crippen LogP contribution in [0, 0.1) is 6.92 Å². The number of benzene rings is 1. The second-order valence-corrected chi connectivity index (χ2v) is 7.60. The number of carbonyl (C=O) groups is 1. The Morgan fingerprint density at radius 3 is 1.88 bits per heavy atom. The zero-order valence-corrected chi connectivity index (χ0v) is 17.4. The van der Waals surface area contributed by atoms with Gasteiger partial charge in [0.25, 0.3) is 0 Å². The largest absolute Gasteiger partial charge is 0.744 e. The Balaban J connectivity index is 0.000000502. The number of carbonyl (C=O) groups excluding carboxylic acids is 1. The second kappa shape index (κ2) is 10.4. The van der Waals surface area contributed by atoms with Gasteiger partial charge in [-0.2, -0.15) is 0 Å². The summed E-state index contributed by atoms with van der Waals surface area (Å²) in [6.07, 6.45) is -0.103. The van der Waals surface area contributed by atoms with Crippen LogP contribution < -0.4 is 0 Å². The molecule has 0 radical (unpaired) electrons. The molecule has 148 valence electrons. The second-order valence-electron chi connectivity index (χ2n) is 6.22. The normalized spacial score (nSPS) is 12.6. The van der Waals surface area contributed by atoms with Gasteiger partial charge in [-0.3, -0.25) is 4.48 Å². The van der Waals surface area contributed by atoms with Gasteiger partial charge < -0.3 is 9.29 Å².